The van der Waals surface area contributed by atoms with Crippen LogP contribution in [0.5, 0.6) is 0 Å². The average molecular weight is 148 g/mol. The molecule has 0 aliphatic heterocycles. The van der Waals surface area contributed by atoms with Crippen LogP contribution >= 0.6 is 0 Å². The van der Waals surface area contributed by atoms with Gasteiger partial charge in [0.2, 0.25) is 0 Å². The Hall–Kier alpha value is -1.53. The minimum Gasteiger partial charge on any atom is -0.397 e. The predicted octanol–water partition coefficient (Wildman–Crippen LogP) is 0.633. The van der Waals surface area contributed by atoms with E-state index in [2.05, 4.69) is 0 Å². The van der Waals surface area contributed by atoms with Crippen LogP contribution in [0.3, 0.4) is 0 Å². The number of benzene rings is 1. The SMILES string of the molecule is N#Cc1cccc(CO)c1N. The number of hydrogen-bond acceptors (Lipinski definition) is 3. The first-order valence-corrected chi connectivity index (χ1v) is 3.18. The van der Waals surface area contributed by atoms with Gasteiger partial charge in [0.1, 0.15) is 6.07 Å². The van der Waals surface area contributed by atoms with Gasteiger partial charge >= 0.3 is 0 Å². The van der Waals surface area contributed by atoms with Crippen LogP contribution in [-0.4, -0.2) is 5.11 Å². The third-order valence-electron chi connectivity index (χ3n) is 1.49. The summed E-state index contributed by atoms with van der Waals surface area (Å²) in [5.41, 5.74) is 6.91. The second-order valence-electron chi connectivity index (χ2n) is 2.15. The molecule has 0 spiro atoms. The first-order chi connectivity index (χ1) is 5.29. The molecule has 0 unspecified atom stereocenters. The molecule has 1 rings (SSSR count). The maximum atomic E-state index is 8.75. The molecule has 0 aromatic heterocycles. The van der Waals surface area contributed by atoms with Crippen molar-refractivity contribution in [2.45, 2.75) is 6.61 Å². The van der Waals surface area contributed by atoms with Gasteiger partial charge in [-0.15, -0.1) is 0 Å². The normalized spacial score (nSPS) is 9.09. The smallest absolute Gasteiger partial charge is 0.101 e. The van der Waals surface area contributed by atoms with Gasteiger partial charge in [-0.3, -0.25) is 0 Å². The highest BCUT2D eigenvalue weighted by Crippen LogP contribution is 2.15. The second-order valence-corrected chi connectivity index (χ2v) is 2.15. The molecular formula is C8H8N2O. The Labute approximate surface area is 64.7 Å². The van der Waals surface area contributed by atoms with E-state index in [9.17, 15) is 0 Å². The van der Waals surface area contributed by atoms with E-state index in [0.717, 1.165) is 0 Å². The highest BCUT2D eigenvalue weighted by Gasteiger charge is 2.01. The summed E-state index contributed by atoms with van der Waals surface area (Å²) in [4.78, 5) is 0. The summed E-state index contributed by atoms with van der Waals surface area (Å²) in [6.07, 6.45) is 0. The van der Waals surface area contributed by atoms with Gasteiger partial charge < -0.3 is 10.8 Å². The van der Waals surface area contributed by atoms with Gasteiger partial charge in [0, 0.05) is 5.56 Å². The molecule has 0 heterocycles. The molecule has 0 radical (unpaired) electrons. The lowest BCUT2D eigenvalue weighted by molar-refractivity contribution is 0.282. The van der Waals surface area contributed by atoms with Crippen LogP contribution in [0.1, 0.15) is 11.1 Å². The summed E-state index contributed by atoms with van der Waals surface area (Å²) in [7, 11) is 0. The number of aliphatic hydroxyl groups is 1. The number of aliphatic hydroxyl groups excluding tert-OH is 1. The van der Waals surface area contributed by atoms with Gasteiger partial charge in [0.15, 0.2) is 0 Å². The first-order valence-electron chi connectivity index (χ1n) is 3.18. The summed E-state index contributed by atoms with van der Waals surface area (Å²) in [6, 6.07) is 6.94. The van der Waals surface area contributed by atoms with Crippen molar-refractivity contribution in [1.29, 1.82) is 5.26 Å². The Bertz CT molecular complexity index is 301. The Morgan fingerprint density at radius 2 is 2.27 bits per heavy atom. The third kappa shape index (κ3) is 1.31. The zero-order valence-corrected chi connectivity index (χ0v) is 5.91. The van der Waals surface area contributed by atoms with Crippen LogP contribution in [0.4, 0.5) is 5.69 Å². The summed E-state index contributed by atoms with van der Waals surface area (Å²) >= 11 is 0. The summed E-state index contributed by atoms with van der Waals surface area (Å²) in [5, 5.41) is 17.3. The fourth-order valence-corrected chi connectivity index (χ4v) is 0.848. The van der Waals surface area contributed by atoms with Crippen molar-refractivity contribution in [3.05, 3.63) is 29.3 Å². The lowest BCUT2D eigenvalue weighted by Crippen LogP contribution is -1.96. The van der Waals surface area contributed by atoms with E-state index in [0.29, 0.717) is 16.8 Å². The predicted molar refractivity (Wildman–Crippen MR) is 41.5 cm³/mol. The van der Waals surface area contributed by atoms with Crippen LogP contribution in [0.25, 0.3) is 0 Å². The molecule has 1 aromatic rings. The maximum absolute atomic E-state index is 8.75. The molecule has 1 aromatic carbocycles. The molecular weight excluding hydrogens is 140 g/mol. The van der Waals surface area contributed by atoms with Gasteiger partial charge in [-0.05, 0) is 6.07 Å². The molecule has 0 aliphatic rings. The lowest BCUT2D eigenvalue weighted by Gasteiger charge is -2.01. The number of para-hydroxylation sites is 1. The average Bonchev–Trinajstić information content (AvgIpc) is 2.05. The Morgan fingerprint density at radius 1 is 1.55 bits per heavy atom. The van der Waals surface area contributed by atoms with Crippen molar-refractivity contribution in [2.24, 2.45) is 0 Å². The standard InChI is InChI=1S/C8H8N2O/c9-4-6-2-1-3-7(5-11)8(6)10/h1-3,11H,5,10H2. The molecule has 3 heteroatoms. The van der Waals surface area contributed by atoms with E-state index in [4.69, 9.17) is 16.1 Å². The van der Waals surface area contributed by atoms with E-state index in [1.54, 1.807) is 18.2 Å². The van der Waals surface area contributed by atoms with Gasteiger partial charge in [-0.1, -0.05) is 12.1 Å². The highest BCUT2D eigenvalue weighted by atomic mass is 16.3. The van der Waals surface area contributed by atoms with Crippen LogP contribution in [-0.2, 0) is 6.61 Å². The molecule has 56 valence electrons. The molecule has 0 fully saturated rings. The molecule has 11 heavy (non-hydrogen) atoms. The number of nitrogens with zero attached hydrogens (tertiary/aromatic N) is 1. The Morgan fingerprint density at radius 3 is 2.82 bits per heavy atom. The number of nitrogens with two attached hydrogens (primary N) is 1. The van der Waals surface area contributed by atoms with Gasteiger partial charge in [-0.25, -0.2) is 0 Å². The summed E-state index contributed by atoms with van der Waals surface area (Å²) < 4.78 is 0. The number of anilines is 1. The summed E-state index contributed by atoms with van der Waals surface area (Å²) in [6.45, 7) is -0.124. The van der Waals surface area contributed by atoms with E-state index < -0.39 is 0 Å². The van der Waals surface area contributed by atoms with Crippen LogP contribution in [0, 0.1) is 11.3 Å². The minimum absolute atomic E-state index is 0.124. The quantitative estimate of drug-likeness (QED) is 0.574. The fourth-order valence-electron chi connectivity index (χ4n) is 0.848. The van der Waals surface area contributed by atoms with E-state index in [1.165, 1.54) is 0 Å². The van der Waals surface area contributed by atoms with Crippen molar-refractivity contribution in [2.75, 3.05) is 5.73 Å². The van der Waals surface area contributed by atoms with Gasteiger partial charge in [-0.2, -0.15) is 5.26 Å². The van der Waals surface area contributed by atoms with Crippen LogP contribution in [0.2, 0.25) is 0 Å². The van der Waals surface area contributed by atoms with Crippen LogP contribution < -0.4 is 5.73 Å². The van der Waals surface area contributed by atoms with E-state index in [-0.39, 0.29) is 6.61 Å². The van der Waals surface area contributed by atoms with Crippen molar-refractivity contribution < 1.29 is 5.11 Å². The Kier molecular flexibility index (Phi) is 2.09. The monoisotopic (exact) mass is 148 g/mol. The zero-order chi connectivity index (χ0) is 8.27. The Balaban J connectivity index is 3.23. The molecule has 0 saturated carbocycles. The van der Waals surface area contributed by atoms with Crippen LogP contribution in [0.15, 0.2) is 18.2 Å². The van der Waals surface area contributed by atoms with E-state index >= 15 is 0 Å². The molecule has 0 amide bonds. The second kappa shape index (κ2) is 3.04. The molecule has 3 nitrogen and oxygen atoms in total. The van der Waals surface area contributed by atoms with Crippen molar-refractivity contribution >= 4 is 5.69 Å². The van der Waals surface area contributed by atoms with Crippen molar-refractivity contribution in [1.82, 2.24) is 0 Å². The zero-order valence-electron chi connectivity index (χ0n) is 5.91. The third-order valence-corrected chi connectivity index (χ3v) is 1.49. The molecule has 0 atom stereocenters. The number of hydrogen-bond donors (Lipinski definition) is 2. The first kappa shape index (κ1) is 7.58. The molecule has 0 saturated heterocycles. The lowest BCUT2D eigenvalue weighted by atomic mass is 10.1. The maximum Gasteiger partial charge on any atom is 0.101 e. The molecule has 0 bridgehead atoms. The topological polar surface area (TPSA) is 70.0 Å². The molecule has 3 N–H and O–H groups in total. The largest absolute Gasteiger partial charge is 0.397 e. The number of rotatable bonds is 1. The number of nitriles is 1. The van der Waals surface area contributed by atoms with Crippen molar-refractivity contribution in [3.8, 4) is 6.07 Å². The minimum atomic E-state index is -0.124. The van der Waals surface area contributed by atoms with E-state index in [1.807, 2.05) is 6.07 Å². The van der Waals surface area contributed by atoms with Gasteiger partial charge in [0.25, 0.3) is 0 Å². The van der Waals surface area contributed by atoms with Gasteiger partial charge in [0.05, 0.1) is 17.9 Å². The molecule has 0 aliphatic carbocycles. The number of nitrogen functional groups attached to an aromatic ring is 1. The van der Waals surface area contributed by atoms with Crippen molar-refractivity contribution in [3.63, 3.8) is 0 Å². The highest BCUT2D eigenvalue weighted by molar-refractivity contribution is 5.58. The summed E-state index contributed by atoms with van der Waals surface area (Å²) in [5.74, 6) is 0. The fraction of sp³-hybridized carbons (Fsp3) is 0.125.